The standard InChI is InChI=1S/C15H20N2O2/c1-16(11-15(18)19-3)9-8-12-10-17(2)14-7-5-4-6-13(12)14/h4-7,10H,8-9,11H2,1-3H3. The molecule has 19 heavy (non-hydrogen) atoms. The second-order valence-electron chi connectivity index (χ2n) is 4.85. The number of para-hydroxylation sites is 1. The number of hydrogen-bond donors (Lipinski definition) is 0. The summed E-state index contributed by atoms with van der Waals surface area (Å²) in [7, 11) is 5.41. The van der Waals surface area contributed by atoms with Crippen LogP contribution in [0.25, 0.3) is 10.9 Å². The van der Waals surface area contributed by atoms with Gasteiger partial charge in [-0.2, -0.15) is 0 Å². The van der Waals surface area contributed by atoms with E-state index in [9.17, 15) is 4.79 Å². The number of ether oxygens (including phenoxy) is 1. The molecule has 0 saturated heterocycles. The Morgan fingerprint density at radius 3 is 2.84 bits per heavy atom. The number of aryl methyl sites for hydroxylation is 1. The lowest BCUT2D eigenvalue weighted by atomic mass is 10.1. The van der Waals surface area contributed by atoms with Gasteiger partial charge in [-0.05, 0) is 25.1 Å². The number of fused-ring (bicyclic) bond motifs is 1. The summed E-state index contributed by atoms with van der Waals surface area (Å²) >= 11 is 0. The van der Waals surface area contributed by atoms with Crippen molar-refractivity contribution in [3.63, 3.8) is 0 Å². The van der Waals surface area contributed by atoms with Gasteiger partial charge in [-0.25, -0.2) is 0 Å². The van der Waals surface area contributed by atoms with Gasteiger partial charge < -0.3 is 9.30 Å². The molecule has 0 radical (unpaired) electrons. The van der Waals surface area contributed by atoms with E-state index in [0.29, 0.717) is 6.54 Å². The third-order valence-corrected chi connectivity index (χ3v) is 3.37. The molecule has 0 fully saturated rings. The van der Waals surface area contributed by atoms with Crippen molar-refractivity contribution in [2.24, 2.45) is 7.05 Å². The van der Waals surface area contributed by atoms with Crippen LogP contribution < -0.4 is 0 Å². The van der Waals surface area contributed by atoms with E-state index in [1.807, 2.05) is 11.9 Å². The minimum Gasteiger partial charge on any atom is -0.468 e. The Hall–Kier alpha value is -1.81. The van der Waals surface area contributed by atoms with E-state index >= 15 is 0 Å². The highest BCUT2D eigenvalue weighted by Gasteiger charge is 2.09. The quantitative estimate of drug-likeness (QED) is 0.769. The van der Waals surface area contributed by atoms with Crippen molar-refractivity contribution >= 4 is 16.9 Å². The molecule has 2 aromatic rings. The van der Waals surface area contributed by atoms with E-state index in [2.05, 4.69) is 46.8 Å². The lowest BCUT2D eigenvalue weighted by Gasteiger charge is -2.14. The summed E-state index contributed by atoms with van der Waals surface area (Å²) in [5.41, 5.74) is 2.56. The first-order valence-corrected chi connectivity index (χ1v) is 6.40. The van der Waals surface area contributed by atoms with Crippen LogP contribution in [-0.4, -0.2) is 42.7 Å². The molecule has 0 atom stereocenters. The average Bonchev–Trinajstić information content (AvgIpc) is 2.74. The van der Waals surface area contributed by atoms with Crippen LogP contribution >= 0.6 is 0 Å². The first-order chi connectivity index (χ1) is 9.11. The van der Waals surface area contributed by atoms with Crippen LogP contribution in [0.5, 0.6) is 0 Å². The largest absolute Gasteiger partial charge is 0.468 e. The Labute approximate surface area is 113 Å². The first kappa shape index (κ1) is 13.6. The zero-order chi connectivity index (χ0) is 13.8. The van der Waals surface area contributed by atoms with Crippen LogP contribution in [0.15, 0.2) is 30.5 Å². The topological polar surface area (TPSA) is 34.5 Å². The minimum absolute atomic E-state index is 0.194. The van der Waals surface area contributed by atoms with E-state index in [-0.39, 0.29) is 5.97 Å². The molecule has 0 unspecified atom stereocenters. The maximum absolute atomic E-state index is 11.2. The highest BCUT2D eigenvalue weighted by molar-refractivity contribution is 5.83. The first-order valence-electron chi connectivity index (χ1n) is 6.40. The van der Waals surface area contributed by atoms with Crippen molar-refractivity contribution in [2.75, 3.05) is 27.2 Å². The van der Waals surface area contributed by atoms with Gasteiger partial charge in [-0.3, -0.25) is 9.69 Å². The van der Waals surface area contributed by atoms with Crippen LogP contribution in [0.2, 0.25) is 0 Å². The minimum atomic E-state index is -0.194. The smallest absolute Gasteiger partial charge is 0.319 e. The molecule has 102 valence electrons. The molecule has 0 spiro atoms. The Bertz CT molecular complexity index is 575. The summed E-state index contributed by atoms with van der Waals surface area (Å²) in [6.45, 7) is 1.17. The highest BCUT2D eigenvalue weighted by atomic mass is 16.5. The van der Waals surface area contributed by atoms with E-state index in [0.717, 1.165) is 13.0 Å². The number of carbonyl (C=O) groups is 1. The van der Waals surface area contributed by atoms with Crippen LogP contribution in [0, 0.1) is 0 Å². The van der Waals surface area contributed by atoms with Crippen LogP contribution in [0.4, 0.5) is 0 Å². The monoisotopic (exact) mass is 260 g/mol. The number of esters is 1. The number of likely N-dealkylation sites (N-methyl/N-ethyl adjacent to an activating group) is 1. The van der Waals surface area contributed by atoms with Crippen molar-refractivity contribution in [3.05, 3.63) is 36.0 Å². The van der Waals surface area contributed by atoms with Crippen molar-refractivity contribution < 1.29 is 9.53 Å². The number of carbonyl (C=O) groups excluding carboxylic acids is 1. The Kier molecular flexibility index (Phi) is 4.22. The maximum atomic E-state index is 11.2. The highest BCUT2D eigenvalue weighted by Crippen LogP contribution is 2.20. The van der Waals surface area contributed by atoms with Gasteiger partial charge >= 0.3 is 5.97 Å². The van der Waals surface area contributed by atoms with Gasteiger partial charge in [-0.15, -0.1) is 0 Å². The summed E-state index contributed by atoms with van der Waals surface area (Å²) < 4.78 is 6.81. The molecule has 4 heteroatoms. The number of hydrogen-bond acceptors (Lipinski definition) is 3. The van der Waals surface area contributed by atoms with E-state index in [1.54, 1.807) is 0 Å². The molecule has 1 aromatic carbocycles. The van der Waals surface area contributed by atoms with Crippen molar-refractivity contribution in [2.45, 2.75) is 6.42 Å². The number of nitrogens with zero attached hydrogens (tertiary/aromatic N) is 2. The number of rotatable bonds is 5. The lowest BCUT2D eigenvalue weighted by Crippen LogP contribution is -2.28. The van der Waals surface area contributed by atoms with Gasteiger partial charge in [0.25, 0.3) is 0 Å². The van der Waals surface area contributed by atoms with Crippen LogP contribution in [0.3, 0.4) is 0 Å². The Balaban J connectivity index is 2.04. The molecule has 0 bridgehead atoms. The predicted octanol–water partition coefficient (Wildman–Crippen LogP) is 1.83. The predicted molar refractivity (Wildman–Crippen MR) is 76.1 cm³/mol. The number of benzene rings is 1. The SMILES string of the molecule is COC(=O)CN(C)CCc1cn(C)c2ccccc12. The molecular formula is C15H20N2O2. The Morgan fingerprint density at radius 2 is 2.11 bits per heavy atom. The number of aromatic nitrogens is 1. The van der Waals surface area contributed by atoms with Crippen molar-refractivity contribution in [3.8, 4) is 0 Å². The molecule has 4 nitrogen and oxygen atoms in total. The molecule has 0 N–H and O–H groups in total. The second kappa shape index (κ2) is 5.89. The fourth-order valence-electron chi connectivity index (χ4n) is 2.30. The molecular weight excluding hydrogens is 240 g/mol. The van der Waals surface area contributed by atoms with Gasteiger partial charge in [0, 0.05) is 30.7 Å². The summed E-state index contributed by atoms with van der Waals surface area (Å²) in [4.78, 5) is 13.2. The molecule has 1 aromatic heterocycles. The number of methoxy groups -OCH3 is 1. The molecule has 0 aliphatic rings. The van der Waals surface area contributed by atoms with Gasteiger partial charge in [0.15, 0.2) is 0 Å². The lowest BCUT2D eigenvalue weighted by molar-refractivity contribution is -0.141. The molecule has 2 rings (SSSR count). The summed E-state index contributed by atoms with van der Waals surface area (Å²) in [6, 6.07) is 8.38. The van der Waals surface area contributed by atoms with Crippen molar-refractivity contribution in [1.82, 2.24) is 9.47 Å². The molecule has 0 saturated carbocycles. The Morgan fingerprint density at radius 1 is 1.37 bits per heavy atom. The van der Waals surface area contributed by atoms with Crippen molar-refractivity contribution in [1.29, 1.82) is 0 Å². The fraction of sp³-hybridized carbons (Fsp3) is 0.400. The molecule has 0 aliphatic heterocycles. The van der Waals surface area contributed by atoms with E-state index in [1.165, 1.54) is 23.6 Å². The summed E-state index contributed by atoms with van der Waals surface area (Å²) in [5, 5.41) is 1.29. The molecule has 1 heterocycles. The molecule has 0 aliphatic carbocycles. The summed E-state index contributed by atoms with van der Waals surface area (Å²) in [5.74, 6) is -0.194. The zero-order valence-corrected chi connectivity index (χ0v) is 11.7. The second-order valence-corrected chi connectivity index (χ2v) is 4.85. The fourth-order valence-corrected chi connectivity index (χ4v) is 2.30. The average molecular weight is 260 g/mol. The zero-order valence-electron chi connectivity index (χ0n) is 11.7. The van der Waals surface area contributed by atoms with Crippen LogP contribution in [0.1, 0.15) is 5.56 Å². The van der Waals surface area contributed by atoms with Gasteiger partial charge in [0.05, 0.1) is 13.7 Å². The summed E-state index contributed by atoms with van der Waals surface area (Å²) in [6.07, 6.45) is 3.09. The third kappa shape index (κ3) is 3.15. The maximum Gasteiger partial charge on any atom is 0.319 e. The van der Waals surface area contributed by atoms with E-state index < -0.39 is 0 Å². The van der Waals surface area contributed by atoms with Gasteiger partial charge in [-0.1, -0.05) is 18.2 Å². The van der Waals surface area contributed by atoms with Crippen LogP contribution in [-0.2, 0) is 23.0 Å². The molecule has 0 amide bonds. The van der Waals surface area contributed by atoms with Gasteiger partial charge in [0.2, 0.25) is 0 Å². The van der Waals surface area contributed by atoms with E-state index in [4.69, 9.17) is 0 Å². The van der Waals surface area contributed by atoms with Gasteiger partial charge in [0.1, 0.15) is 0 Å². The normalized spacial score (nSPS) is 11.2. The third-order valence-electron chi connectivity index (χ3n) is 3.37.